The van der Waals surface area contributed by atoms with Gasteiger partial charge >= 0.3 is 0 Å². The van der Waals surface area contributed by atoms with E-state index in [-0.39, 0.29) is 17.6 Å². The van der Waals surface area contributed by atoms with Crippen molar-refractivity contribution in [1.29, 1.82) is 0 Å². The fraction of sp³-hybridized carbons (Fsp3) is 0.240. The lowest BCUT2D eigenvalue weighted by Crippen LogP contribution is -2.38. The van der Waals surface area contributed by atoms with Crippen molar-refractivity contribution in [3.63, 3.8) is 0 Å². The molecule has 2 aromatic carbocycles. The number of carbonyl (C=O) groups is 1. The summed E-state index contributed by atoms with van der Waals surface area (Å²) in [5.41, 5.74) is 12.6. The van der Waals surface area contributed by atoms with E-state index in [1.54, 1.807) is 35.0 Å². The van der Waals surface area contributed by atoms with E-state index in [1.807, 2.05) is 17.0 Å². The molecule has 3 aromatic rings. The number of fused-ring (bicyclic) bond motifs is 1. The number of aromatic nitrogens is 2. The van der Waals surface area contributed by atoms with E-state index in [2.05, 4.69) is 17.1 Å². The number of nitrogens with zero attached hydrogens (tertiary/aromatic N) is 4. The molecule has 0 spiro atoms. The van der Waals surface area contributed by atoms with Crippen molar-refractivity contribution in [3.05, 3.63) is 84.0 Å². The van der Waals surface area contributed by atoms with Gasteiger partial charge in [-0.2, -0.15) is 10.2 Å². The summed E-state index contributed by atoms with van der Waals surface area (Å²) >= 11 is 0. The van der Waals surface area contributed by atoms with Gasteiger partial charge in [-0.25, -0.2) is 9.07 Å². The predicted molar refractivity (Wildman–Crippen MR) is 126 cm³/mol. The Morgan fingerprint density at radius 3 is 2.79 bits per heavy atom. The first-order valence-corrected chi connectivity index (χ1v) is 11.2. The summed E-state index contributed by atoms with van der Waals surface area (Å²) in [6.45, 7) is 5.42. The Morgan fingerprint density at radius 2 is 2.03 bits per heavy atom. The highest BCUT2D eigenvalue weighted by atomic mass is 19.1. The van der Waals surface area contributed by atoms with Gasteiger partial charge in [-0.3, -0.25) is 4.79 Å². The Bertz CT molecular complexity index is 1270. The minimum Gasteiger partial charge on any atom is -0.454 e. The number of amidine groups is 1. The van der Waals surface area contributed by atoms with Crippen LogP contribution < -0.4 is 15.9 Å². The van der Waals surface area contributed by atoms with Crippen LogP contribution in [0.15, 0.2) is 66.3 Å². The first-order chi connectivity index (χ1) is 16.5. The molecule has 1 fully saturated rings. The number of nitrogens with one attached hydrogen (secondary N) is 1. The maximum atomic E-state index is 13.9. The maximum Gasteiger partial charge on any atom is 0.245 e. The van der Waals surface area contributed by atoms with Crippen LogP contribution in [0.2, 0.25) is 0 Å². The molecule has 1 amide bonds. The van der Waals surface area contributed by atoms with Gasteiger partial charge in [-0.1, -0.05) is 18.7 Å². The number of ether oxygens (including phenoxy) is 1. The number of nitrogens with two attached hydrogens (primary N) is 1. The molecule has 2 aliphatic heterocycles. The molecule has 8 nitrogen and oxygen atoms in total. The lowest BCUT2D eigenvalue weighted by molar-refractivity contribution is -0.127. The highest BCUT2D eigenvalue weighted by Gasteiger charge is 2.32. The molecule has 0 aliphatic carbocycles. The molecular formula is C25H25FN6O2. The van der Waals surface area contributed by atoms with Crippen LogP contribution in [0.4, 0.5) is 4.39 Å². The molecule has 0 unspecified atom stereocenters. The number of hydrogen-bond donors (Lipinski definition) is 2. The quantitative estimate of drug-likeness (QED) is 0.569. The van der Waals surface area contributed by atoms with Crippen LogP contribution in [0.3, 0.4) is 0 Å². The monoisotopic (exact) mass is 460 g/mol. The van der Waals surface area contributed by atoms with Crippen LogP contribution in [0.1, 0.15) is 35.7 Å². The van der Waals surface area contributed by atoms with Gasteiger partial charge in [0.05, 0.1) is 17.9 Å². The number of carbonyl (C=O) groups excluding carboxylic acids is 1. The molecule has 34 heavy (non-hydrogen) atoms. The van der Waals surface area contributed by atoms with Crippen LogP contribution in [-0.4, -0.2) is 39.5 Å². The summed E-state index contributed by atoms with van der Waals surface area (Å²) in [5, 5.41) is 9.13. The number of para-hydroxylation sites is 1. The maximum absolute atomic E-state index is 13.9. The lowest BCUT2D eigenvalue weighted by Gasteiger charge is -2.31. The van der Waals surface area contributed by atoms with Crippen molar-refractivity contribution < 1.29 is 13.9 Å². The van der Waals surface area contributed by atoms with E-state index in [1.165, 1.54) is 12.1 Å². The number of amides is 1. The molecule has 0 saturated carbocycles. The van der Waals surface area contributed by atoms with Crippen LogP contribution in [0.5, 0.6) is 11.5 Å². The van der Waals surface area contributed by atoms with Gasteiger partial charge in [-0.05, 0) is 55.3 Å². The third-order valence-electron chi connectivity index (χ3n) is 6.15. The van der Waals surface area contributed by atoms with Gasteiger partial charge in [0.1, 0.15) is 11.4 Å². The summed E-state index contributed by atoms with van der Waals surface area (Å²) in [7, 11) is 0. The summed E-state index contributed by atoms with van der Waals surface area (Å²) in [6.07, 6.45) is 3.18. The van der Waals surface area contributed by atoms with Gasteiger partial charge < -0.3 is 20.8 Å². The lowest BCUT2D eigenvalue weighted by atomic mass is 9.91. The van der Waals surface area contributed by atoms with E-state index in [4.69, 9.17) is 15.6 Å². The SMILES string of the molecule is C=CC(=O)N1CCC[C@H](c2nn(-c3ccc(Oc4ccccc4F)cc3)c3c2CNN=C3N)C1. The van der Waals surface area contributed by atoms with Crippen molar-refractivity contribution in [2.75, 3.05) is 13.1 Å². The third-order valence-corrected chi connectivity index (χ3v) is 6.15. The molecule has 5 rings (SSSR count). The molecule has 3 N–H and O–H groups in total. The average Bonchev–Trinajstić information content (AvgIpc) is 3.26. The molecule has 1 aromatic heterocycles. The zero-order valence-corrected chi connectivity index (χ0v) is 18.6. The fourth-order valence-electron chi connectivity index (χ4n) is 4.52. The minimum atomic E-state index is -0.426. The molecule has 2 aliphatic rings. The Morgan fingerprint density at radius 1 is 1.24 bits per heavy atom. The molecule has 0 bridgehead atoms. The number of rotatable bonds is 5. The van der Waals surface area contributed by atoms with Gasteiger partial charge in [0.15, 0.2) is 17.4 Å². The predicted octanol–water partition coefficient (Wildman–Crippen LogP) is 3.42. The Balaban J connectivity index is 1.47. The molecule has 1 atom stereocenters. The standard InChI is InChI=1S/C25H25FN6O2/c1-2-22(33)31-13-5-6-16(15-31)23-19-14-28-29-25(27)24(19)32(30-23)17-9-11-18(12-10-17)34-21-8-4-3-7-20(21)26/h2-4,7-12,16,28H,1,5-6,13-15H2,(H2,27,29)/t16-/m0/s1. The number of hydrogen-bond acceptors (Lipinski definition) is 6. The molecular weight excluding hydrogens is 435 g/mol. The topological polar surface area (TPSA) is 97.8 Å². The second-order valence-corrected chi connectivity index (χ2v) is 8.31. The van der Waals surface area contributed by atoms with Crippen molar-refractivity contribution >= 4 is 11.7 Å². The smallest absolute Gasteiger partial charge is 0.245 e. The highest BCUT2D eigenvalue weighted by Crippen LogP contribution is 2.33. The van der Waals surface area contributed by atoms with E-state index in [0.29, 0.717) is 24.7 Å². The second-order valence-electron chi connectivity index (χ2n) is 8.31. The summed E-state index contributed by atoms with van der Waals surface area (Å²) in [6, 6.07) is 13.5. The summed E-state index contributed by atoms with van der Waals surface area (Å²) in [5.74, 6) is 0.607. The van der Waals surface area contributed by atoms with Crippen LogP contribution >= 0.6 is 0 Å². The highest BCUT2D eigenvalue weighted by molar-refractivity contribution is 5.98. The summed E-state index contributed by atoms with van der Waals surface area (Å²) < 4.78 is 21.4. The normalized spacial score (nSPS) is 17.4. The van der Waals surface area contributed by atoms with E-state index < -0.39 is 5.82 Å². The van der Waals surface area contributed by atoms with Crippen LogP contribution in [0, 0.1) is 5.82 Å². The second kappa shape index (κ2) is 9.01. The molecule has 0 radical (unpaired) electrons. The van der Waals surface area contributed by atoms with E-state index >= 15 is 0 Å². The summed E-state index contributed by atoms with van der Waals surface area (Å²) in [4.78, 5) is 14.0. The number of hydrazone groups is 1. The van der Waals surface area contributed by atoms with Gasteiger partial charge in [0.2, 0.25) is 5.91 Å². The van der Waals surface area contributed by atoms with Crippen molar-refractivity contribution in [1.82, 2.24) is 20.1 Å². The minimum absolute atomic E-state index is 0.0670. The fourth-order valence-corrected chi connectivity index (χ4v) is 4.52. The third kappa shape index (κ3) is 4.00. The van der Waals surface area contributed by atoms with Gasteiger partial charge in [-0.15, -0.1) is 0 Å². The molecule has 3 heterocycles. The van der Waals surface area contributed by atoms with Crippen molar-refractivity contribution in [2.24, 2.45) is 10.8 Å². The Kier molecular flexibility index (Phi) is 5.75. The van der Waals surface area contributed by atoms with Gasteiger partial charge in [0, 0.05) is 24.6 Å². The van der Waals surface area contributed by atoms with Crippen LogP contribution in [0.25, 0.3) is 5.69 Å². The first-order valence-electron chi connectivity index (χ1n) is 11.2. The first kappa shape index (κ1) is 21.7. The van der Waals surface area contributed by atoms with Crippen molar-refractivity contribution in [2.45, 2.75) is 25.3 Å². The molecule has 1 saturated heterocycles. The Hall–Kier alpha value is -4.14. The molecule has 174 valence electrons. The number of likely N-dealkylation sites (tertiary alicyclic amines) is 1. The largest absolute Gasteiger partial charge is 0.454 e. The van der Waals surface area contributed by atoms with Gasteiger partial charge in [0.25, 0.3) is 0 Å². The van der Waals surface area contributed by atoms with Crippen LogP contribution in [-0.2, 0) is 11.3 Å². The number of piperidine rings is 1. The molecule has 9 heteroatoms. The zero-order chi connectivity index (χ0) is 23.7. The number of benzene rings is 2. The van der Waals surface area contributed by atoms with Crippen molar-refractivity contribution in [3.8, 4) is 17.2 Å². The Labute approximate surface area is 196 Å². The van der Waals surface area contributed by atoms with E-state index in [0.717, 1.165) is 42.0 Å². The number of halogens is 1. The van der Waals surface area contributed by atoms with E-state index in [9.17, 15) is 9.18 Å². The zero-order valence-electron chi connectivity index (χ0n) is 18.6. The average molecular weight is 461 g/mol.